The maximum atomic E-state index is 12.5. The predicted octanol–water partition coefficient (Wildman–Crippen LogP) is -0.268. The Morgan fingerprint density at radius 1 is 1.24 bits per heavy atom. The molecule has 2 N–H and O–H groups in total. The second-order valence-electron chi connectivity index (χ2n) is 6.03. The van der Waals surface area contributed by atoms with Crippen molar-refractivity contribution in [2.24, 2.45) is 14.1 Å². The molecule has 3 rings (SSSR count). The van der Waals surface area contributed by atoms with Crippen molar-refractivity contribution in [3.05, 3.63) is 33.1 Å². The van der Waals surface area contributed by atoms with Crippen LogP contribution in [0, 0.1) is 0 Å². The van der Waals surface area contributed by atoms with E-state index in [2.05, 4.69) is 27.5 Å². The predicted molar refractivity (Wildman–Crippen MR) is 98.9 cm³/mol. The summed E-state index contributed by atoms with van der Waals surface area (Å²) < 4.78 is 35.9. The Morgan fingerprint density at radius 3 is 2.28 bits per heavy atom. The fourth-order valence-electron chi connectivity index (χ4n) is 2.70. The summed E-state index contributed by atoms with van der Waals surface area (Å²) in [6, 6.07) is 0. The van der Waals surface area contributed by atoms with E-state index in [9.17, 15) is 22.8 Å². The number of rotatable bonds is 2. The average molecular weight is 416 g/mol. The third kappa shape index (κ3) is 4.41. The monoisotopic (exact) mass is 416 g/mol. The highest BCUT2D eigenvalue weighted by Gasteiger charge is 2.38. The van der Waals surface area contributed by atoms with Crippen LogP contribution in [0.25, 0.3) is 17.4 Å². The van der Waals surface area contributed by atoms with Gasteiger partial charge in [-0.2, -0.15) is 18.2 Å². The largest absolute Gasteiger partial charge is 0.490 e. The molecule has 1 aliphatic rings. The number of halogens is 3. The van der Waals surface area contributed by atoms with Gasteiger partial charge in [-0.3, -0.25) is 18.5 Å². The van der Waals surface area contributed by atoms with Gasteiger partial charge < -0.3 is 15.3 Å². The summed E-state index contributed by atoms with van der Waals surface area (Å²) in [7, 11) is 3.07. The Bertz CT molecular complexity index is 1090. The number of nitrogens with zero attached hydrogens (tertiary/aromatic N) is 5. The van der Waals surface area contributed by atoms with E-state index in [-0.39, 0.29) is 5.56 Å². The van der Waals surface area contributed by atoms with Crippen molar-refractivity contribution in [1.82, 2.24) is 24.0 Å². The number of carboxylic acid groups (broad SMARTS) is 1. The Hall–Kier alpha value is -3.31. The number of piperazine rings is 1. The third-order valence-corrected chi connectivity index (χ3v) is 4.14. The summed E-state index contributed by atoms with van der Waals surface area (Å²) in [5.74, 6) is -2.13. The van der Waals surface area contributed by atoms with Crippen LogP contribution in [0.15, 0.2) is 21.9 Å². The Balaban J connectivity index is 0.000000370. The molecule has 29 heavy (non-hydrogen) atoms. The van der Waals surface area contributed by atoms with Crippen LogP contribution in [-0.2, 0) is 18.9 Å². The Morgan fingerprint density at radius 2 is 1.79 bits per heavy atom. The highest BCUT2D eigenvalue weighted by Crippen LogP contribution is 2.20. The molecule has 0 saturated carbocycles. The number of anilines is 1. The maximum Gasteiger partial charge on any atom is 0.490 e. The van der Waals surface area contributed by atoms with Gasteiger partial charge in [0.25, 0.3) is 5.56 Å². The molecule has 0 aliphatic carbocycles. The molecule has 13 heteroatoms. The quantitative estimate of drug-likeness (QED) is 0.648. The lowest BCUT2D eigenvalue weighted by atomic mass is 10.4. The Labute approximate surface area is 161 Å². The summed E-state index contributed by atoms with van der Waals surface area (Å²) in [4.78, 5) is 40.1. The number of alkyl halides is 3. The lowest BCUT2D eigenvalue weighted by Gasteiger charge is -2.27. The molecule has 2 aromatic heterocycles. The zero-order valence-electron chi connectivity index (χ0n) is 15.7. The van der Waals surface area contributed by atoms with Crippen LogP contribution in [0.4, 0.5) is 19.1 Å². The number of fused-ring (bicyclic) bond motifs is 1. The number of imidazole rings is 1. The van der Waals surface area contributed by atoms with E-state index in [1.807, 2.05) is 0 Å². The molecular formula is C16H19F3N6O4. The van der Waals surface area contributed by atoms with Gasteiger partial charge in [0.1, 0.15) is 0 Å². The molecule has 1 aliphatic heterocycles. The first-order chi connectivity index (χ1) is 13.5. The number of nitrogens with one attached hydrogen (secondary N) is 1. The standard InChI is InChI=1S/C14H18N6O2.C2HF3O2/c1-4-7-20-10-11(17(2)14(22)18(3)12(10)21)16-13(20)19-8-5-15-6-9-19;3-2(4,5)1(6)7/h7,15H,1,5-6,8-9H2,2-3H3;(H,6,7). The molecule has 1 saturated heterocycles. The van der Waals surface area contributed by atoms with Crippen molar-refractivity contribution in [3.8, 4) is 0 Å². The highest BCUT2D eigenvalue weighted by atomic mass is 19.4. The van der Waals surface area contributed by atoms with Gasteiger partial charge in [-0.25, -0.2) is 9.59 Å². The number of aryl methyl sites for hydroxylation is 1. The van der Waals surface area contributed by atoms with E-state index in [0.717, 1.165) is 30.7 Å². The fraction of sp³-hybridized carbons (Fsp3) is 0.438. The molecule has 0 aromatic carbocycles. The molecule has 0 unspecified atom stereocenters. The normalized spacial score (nSPS) is 14.2. The van der Waals surface area contributed by atoms with Crippen LogP contribution in [0.1, 0.15) is 0 Å². The number of hydrogen-bond donors (Lipinski definition) is 2. The van der Waals surface area contributed by atoms with Gasteiger partial charge >= 0.3 is 17.8 Å². The molecular weight excluding hydrogens is 397 g/mol. The van der Waals surface area contributed by atoms with Crippen LogP contribution in [-0.4, -0.2) is 62.1 Å². The van der Waals surface area contributed by atoms with Crippen LogP contribution in [0.3, 0.4) is 0 Å². The van der Waals surface area contributed by atoms with E-state index in [4.69, 9.17) is 9.90 Å². The van der Waals surface area contributed by atoms with E-state index in [1.54, 1.807) is 17.8 Å². The SMILES string of the molecule is C=C=Cn1c(N2CCNCC2)nc2c1c(=O)n(C)c(=O)n2C.O=C(O)C(F)(F)F. The first kappa shape index (κ1) is 22.0. The second kappa shape index (κ2) is 8.37. The smallest absolute Gasteiger partial charge is 0.475 e. The molecule has 0 amide bonds. The molecule has 0 atom stereocenters. The van der Waals surface area contributed by atoms with E-state index in [1.165, 1.54) is 11.6 Å². The van der Waals surface area contributed by atoms with Crippen LogP contribution >= 0.6 is 0 Å². The molecule has 0 spiro atoms. The van der Waals surface area contributed by atoms with Gasteiger partial charge in [-0.05, 0) is 0 Å². The topological polar surface area (TPSA) is 114 Å². The summed E-state index contributed by atoms with van der Waals surface area (Å²) in [6.07, 6.45) is -3.50. The molecule has 0 bridgehead atoms. The van der Waals surface area contributed by atoms with Gasteiger partial charge in [-0.1, -0.05) is 6.58 Å². The van der Waals surface area contributed by atoms with Crippen molar-refractivity contribution < 1.29 is 23.1 Å². The van der Waals surface area contributed by atoms with Gasteiger partial charge in [0.05, 0.1) is 6.20 Å². The highest BCUT2D eigenvalue weighted by molar-refractivity contribution is 5.77. The summed E-state index contributed by atoms with van der Waals surface area (Å²) >= 11 is 0. The summed E-state index contributed by atoms with van der Waals surface area (Å²) in [5, 5.41) is 10.4. The molecule has 2 aromatic rings. The second-order valence-corrected chi connectivity index (χ2v) is 6.03. The zero-order valence-corrected chi connectivity index (χ0v) is 15.7. The van der Waals surface area contributed by atoms with Crippen molar-refractivity contribution in [2.75, 3.05) is 31.1 Å². The Kier molecular flexibility index (Phi) is 6.34. The average Bonchev–Trinajstić information content (AvgIpc) is 3.05. The number of carboxylic acids is 1. The maximum absolute atomic E-state index is 12.5. The van der Waals surface area contributed by atoms with Gasteiger partial charge in [0.15, 0.2) is 11.2 Å². The van der Waals surface area contributed by atoms with Gasteiger partial charge in [0, 0.05) is 40.3 Å². The third-order valence-electron chi connectivity index (χ3n) is 4.14. The minimum absolute atomic E-state index is 0.356. The molecule has 158 valence electrons. The van der Waals surface area contributed by atoms with E-state index < -0.39 is 17.8 Å². The number of aliphatic carboxylic acids is 1. The zero-order chi connectivity index (χ0) is 21.9. The number of aromatic nitrogens is 4. The van der Waals surface area contributed by atoms with Crippen LogP contribution in [0.2, 0.25) is 0 Å². The summed E-state index contributed by atoms with van der Waals surface area (Å²) in [5.41, 5.74) is 2.65. The van der Waals surface area contributed by atoms with Crippen molar-refractivity contribution in [2.45, 2.75) is 6.18 Å². The summed E-state index contributed by atoms with van der Waals surface area (Å²) in [6.45, 7) is 6.83. The van der Waals surface area contributed by atoms with Gasteiger partial charge in [0.2, 0.25) is 5.95 Å². The van der Waals surface area contributed by atoms with Gasteiger partial charge in [-0.15, -0.1) is 5.73 Å². The van der Waals surface area contributed by atoms with Crippen molar-refractivity contribution in [1.29, 1.82) is 0 Å². The fourth-order valence-corrected chi connectivity index (χ4v) is 2.70. The molecule has 1 fully saturated rings. The molecule has 10 nitrogen and oxygen atoms in total. The lowest BCUT2D eigenvalue weighted by molar-refractivity contribution is -0.192. The van der Waals surface area contributed by atoms with Crippen molar-refractivity contribution in [3.63, 3.8) is 0 Å². The number of carbonyl (C=O) groups is 1. The van der Waals surface area contributed by atoms with E-state index in [0.29, 0.717) is 17.1 Å². The minimum Gasteiger partial charge on any atom is -0.475 e. The number of hydrogen-bond acceptors (Lipinski definition) is 6. The first-order valence-electron chi connectivity index (χ1n) is 8.30. The minimum atomic E-state index is -5.08. The molecule has 3 heterocycles. The lowest BCUT2D eigenvalue weighted by Crippen LogP contribution is -2.44. The van der Waals surface area contributed by atoms with Crippen LogP contribution in [0.5, 0.6) is 0 Å². The van der Waals surface area contributed by atoms with Crippen molar-refractivity contribution >= 4 is 29.3 Å². The first-order valence-corrected chi connectivity index (χ1v) is 8.30. The molecule has 0 radical (unpaired) electrons. The van der Waals surface area contributed by atoms with E-state index >= 15 is 0 Å². The van der Waals surface area contributed by atoms with Crippen LogP contribution < -0.4 is 21.5 Å².